The SMILES string of the molecule is CNCCCN(C)c1ccccc1S(=O)(=O)NC1CC1. The van der Waals surface area contributed by atoms with Crippen LogP contribution in [0.15, 0.2) is 29.2 Å². The standard InChI is InChI=1S/C14H23N3O2S/c1-15-10-5-11-17(2)13-6-3-4-7-14(13)20(18,19)16-12-8-9-12/h3-4,6-7,12,15-16H,5,8-11H2,1-2H3. The van der Waals surface area contributed by atoms with E-state index in [4.69, 9.17) is 0 Å². The highest BCUT2D eigenvalue weighted by Gasteiger charge is 2.29. The Bertz CT molecular complexity index is 541. The molecule has 0 atom stereocenters. The number of rotatable bonds is 8. The topological polar surface area (TPSA) is 61.4 Å². The maximum Gasteiger partial charge on any atom is 0.242 e. The molecule has 1 aromatic rings. The van der Waals surface area contributed by atoms with Crippen molar-refractivity contribution in [3.63, 3.8) is 0 Å². The van der Waals surface area contributed by atoms with Crippen molar-refractivity contribution in [3.8, 4) is 0 Å². The number of para-hydroxylation sites is 1. The Hall–Kier alpha value is -1.11. The Balaban J connectivity index is 2.16. The van der Waals surface area contributed by atoms with E-state index in [2.05, 4.69) is 10.0 Å². The molecule has 1 saturated carbocycles. The molecule has 1 fully saturated rings. The van der Waals surface area contributed by atoms with Crippen molar-refractivity contribution < 1.29 is 8.42 Å². The van der Waals surface area contributed by atoms with Gasteiger partial charge in [-0.15, -0.1) is 0 Å². The van der Waals surface area contributed by atoms with Gasteiger partial charge in [-0.2, -0.15) is 0 Å². The van der Waals surface area contributed by atoms with Crippen molar-refractivity contribution in [1.29, 1.82) is 0 Å². The van der Waals surface area contributed by atoms with E-state index in [1.165, 1.54) is 0 Å². The van der Waals surface area contributed by atoms with Gasteiger partial charge in [0.25, 0.3) is 0 Å². The van der Waals surface area contributed by atoms with Gasteiger partial charge >= 0.3 is 0 Å². The van der Waals surface area contributed by atoms with Crippen LogP contribution in [0.5, 0.6) is 0 Å². The van der Waals surface area contributed by atoms with Crippen LogP contribution >= 0.6 is 0 Å². The van der Waals surface area contributed by atoms with Crippen molar-refractivity contribution in [3.05, 3.63) is 24.3 Å². The van der Waals surface area contributed by atoms with Crippen molar-refractivity contribution in [1.82, 2.24) is 10.0 Å². The molecule has 0 unspecified atom stereocenters. The number of anilines is 1. The van der Waals surface area contributed by atoms with E-state index in [0.29, 0.717) is 4.90 Å². The summed E-state index contributed by atoms with van der Waals surface area (Å²) in [6.45, 7) is 1.73. The van der Waals surface area contributed by atoms with Gasteiger partial charge in [0.15, 0.2) is 0 Å². The molecule has 112 valence electrons. The van der Waals surface area contributed by atoms with Crippen molar-refractivity contribution >= 4 is 15.7 Å². The predicted molar refractivity (Wildman–Crippen MR) is 81.6 cm³/mol. The molecular formula is C14H23N3O2S. The van der Waals surface area contributed by atoms with Crippen LogP contribution in [-0.2, 0) is 10.0 Å². The fraction of sp³-hybridized carbons (Fsp3) is 0.571. The Morgan fingerprint density at radius 2 is 2.00 bits per heavy atom. The molecule has 2 rings (SSSR count). The molecule has 0 radical (unpaired) electrons. The Kier molecular flexibility index (Phi) is 5.01. The van der Waals surface area contributed by atoms with Crippen LogP contribution in [-0.4, -0.2) is 41.6 Å². The summed E-state index contributed by atoms with van der Waals surface area (Å²) in [5.74, 6) is 0. The summed E-state index contributed by atoms with van der Waals surface area (Å²) in [7, 11) is 0.436. The summed E-state index contributed by atoms with van der Waals surface area (Å²) in [5, 5.41) is 3.10. The minimum atomic E-state index is -3.41. The third kappa shape index (κ3) is 3.94. The highest BCUT2D eigenvalue weighted by Crippen LogP contribution is 2.27. The molecule has 1 aliphatic rings. The predicted octanol–water partition coefficient (Wildman–Crippen LogP) is 1.17. The second-order valence-corrected chi connectivity index (χ2v) is 6.92. The lowest BCUT2D eigenvalue weighted by molar-refractivity contribution is 0.580. The zero-order valence-corrected chi connectivity index (χ0v) is 12.9. The normalized spacial score (nSPS) is 15.3. The number of hydrogen-bond acceptors (Lipinski definition) is 4. The minimum absolute atomic E-state index is 0.127. The van der Waals surface area contributed by atoms with Gasteiger partial charge in [-0.25, -0.2) is 13.1 Å². The molecule has 0 aliphatic heterocycles. The van der Waals surface area contributed by atoms with E-state index in [1.807, 2.05) is 31.1 Å². The molecule has 6 heteroatoms. The maximum atomic E-state index is 12.4. The molecule has 1 aliphatic carbocycles. The van der Waals surface area contributed by atoms with Gasteiger partial charge in [0.05, 0.1) is 5.69 Å². The van der Waals surface area contributed by atoms with Gasteiger partial charge in [-0.05, 0) is 45.0 Å². The van der Waals surface area contributed by atoms with Crippen LogP contribution in [0.25, 0.3) is 0 Å². The van der Waals surface area contributed by atoms with E-state index in [-0.39, 0.29) is 6.04 Å². The fourth-order valence-corrected chi connectivity index (χ4v) is 3.66. The van der Waals surface area contributed by atoms with Gasteiger partial charge in [0.1, 0.15) is 4.90 Å². The molecule has 0 amide bonds. The molecule has 1 aromatic carbocycles. The maximum absolute atomic E-state index is 12.4. The van der Waals surface area contributed by atoms with Crippen LogP contribution < -0.4 is 14.9 Å². The zero-order valence-electron chi connectivity index (χ0n) is 12.1. The van der Waals surface area contributed by atoms with Gasteiger partial charge in [-0.1, -0.05) is 12.1 Å². The van der Waals surface area contributed by atoms with E-state index in [1.54, 1.807) is 12.1 Å². The number of benzene rings is 1. The van der Waals surface area contributed by atoms with Crippen molar-refractivity contribution in [2.24, 2.45) is 0 Å². The molecule has 0 bridgehead atoms. The first-order chi connectivity index (χ1) is 9.54. The highest BCUT2D eigenvalue weighted by molar-refractivity contribution is 7.89. The third-order valence-corrected chi connectivity index (χ3v) is 4.95. The van der Waals surface area contributed by atoms with Gasteiger partial charge < -0.3 is 10.2 Å². The van der Waals surface area contributed by atoms with Crippen LogP contribution in [0, 0.1) is 0 Å². The van der Waals surface area contributed by atoms with Crippen LogP contribution in [0.1, 0.15) is 19.3 Å². The smallest absolute Gasteiger partial charge is 0.242 e. The molecule has 20 heavy (non-hydrogen) atoms. The molecule has 0 aromatic heterocycles. The van der Waals surface area contributed by atoms with Crippen LogP contribution in [0.3, 0.4) is 0 Å². The Labute approximate surface area is 121 Å². The van der Waals surface area contributed by atoms with Crippen molar-refractivity contribution in [2.75, 3.05) is 32.1 Å². The second kappa shape index (κ2) is 6.56. The van der Waals surface area contributed by atoms with Gasteiger partial charge in [-0.3, -0.25) is 0 Å². The first kappa shape index (κ1) is 15.3. The van der Waals surface area contributed by atoms with Gasteiger partial charge in [0.2, 0.25) is 10.0 Å². The van der Waals surface area contributed by atoms with Crippen LogP contribution in [0.2, 0.25) is 0 Å². The molecular weight excluding hydrogens is 274 g/mol. The monoisotopic (exact) mass is 297 g/mol. The number of hydrogen-bond donors (Lipinski definition) is 2. The van der Waals surface area contributed by atoms with E-state index < -0.39 is 10.0 Å². The first-order valence-corrected chi connectivity index (χ1v) is 8.50. The van der Waals surface area contributed by atoms with E-state index >= 15 is 0 Å². The molecule has 5 nitrogen and oxygen atoms in total. The highest BCUT2D eigenvalue weighted by atomic mass is 32.2. The molecule has 0 heterocycles. The lowest BCUT2D eigenvalue weighted by Gasteiger charge is -2.22. The summed E-state index contributed by atoms with van der Waals surface area (Å²) >= 11 is 0. The molecule has 2 N–H and O–H groups in total. The van der Waals surface area contributed by atoms with E-state index in [0.717, 1.165) is 38.0 Å². The molecule has 0 spiro atoms. The summed E-state index contributed by atoms with van der Waals surface area (Å²) in [6, 6.07) is 7.31. The minimum Gasteiger partial charge on any atom is -0.373 e. The average Bonchev–Trinajstić information content (AvgIpc) is 3.22. The fourth-order valence-electron chi connectivity index (χ4n) is 2.10. The van der Waals surface area contributed by atoms with E-state index in [9.17, 15) is 8.42 Å². The van der Waals surface area contributed by atoms with Crippen molar-refractivity contribution in [2.45, 2.75) is 30.2 Å². The Morgan fingerprint density at radius 3 is 2.65 bits per heavy atom. The molecule has 0 saturated heterocycles. The summed E-state index contributed by atoms with van der Waals surface area (Å²) < 4.78 is 27.5. The summed E-state index contributed by atoms with van der Waals surface area (Å²) in [5.41, 5.74) is 0.761. The summed E-state index contributed by atoms with van der Waals surface area (Å²) in [6.07, 6.45) is 2.86. The largest absolute Gasteiger partial charge is 0.373 e. The van der Waals surface area contributed by atoms with Crippen LogP contribution in [0.4, 0.5) is 5.69 Å². The average molecular weight is 297 g/mol. The number of sulfonamides is 1. The zero-order chi connectivity index (χ0) is 14.6. The second-order valence-electron chi connectivity index (χ2n) is 5.24. The summed E-state index contributed by atoms with van der Waals surface area (Å²) in [4.78, 5) is 2.37. The third-order valence-electron chi connectivity index (χ3n) is 3.39. The lowest BCUT2D eigenvalue weighted by atomic mass is 10.3. The first-order valence-electron chi connectivity index (χ1n) is 7.01. The number of nitrogens with zero attached hydrogens (tertiary/aromatic N) is 1. The lowest BCUT2D eigenvalue weighted by Crippen LogP contribution is -2.29. The van der Waals surface area contributed by atoms with Gasteiger partial charge in [0, 0.05) is 19.6 Å². The quantitative estimate of drug-likeness (QED) is 0.707. The Morgan fingerprint density at radius 1 is 1.30 bits per heavy atom. The number of nitrogens with one attached hydrogen (secondary N) is 2.